The zero-order valence-electron chi connectivity index (χ0n) is 18.0. The number of carbonyl (C=O) groups is 2. The number of nitrogens with one attached hydrogen (secondary N) is 2. The van der Waals surface area contributed by atoms with Crippen LogP contribution >= 0.6 is 0 Å². The van der Waals surface area contributed by atoms with E-state index in [1.165, 1.54) is 7.11 Å². The quantitative estimate of drug-likeness (QED) is 0.461. The molecule has 0 saturated carbocycles. The minimum Gasteiger partial charge on any atom is -0.494 e. The fourth-order valence-electron chi connectivity index (χ4n) is 2.85. The van der Waals surface area contributed by atoms with Gasteiger partial charge in [0.15, 0.2) is 23.8 Å². The Labute approximate surface area is 184 Å². The molecule has 0 aliphatic carbocycles. The fourth-order valence-corrected chi connectivity index (χ4v) is 2.85. The second kappa shape index (κ2) is 10.8. The predicted octanol–water partition coefficient (Wildman–Crippen LogP) is 3.07. The van der Waals surface area contributed by atoms with Crippen molar-refractivity contribution in [2.45, 2.75) is 13.8 Å². The number of benzene rings is 2. The van der Waals surface area contributed by atoms with Crippen molar-refractivity contribution in [3.05, 3.63) is 48.2 Å². The number of esters is 1. The van der Waals surface area contributed by atoms with E-state index in [4.69, 9.17) is 18.9 Å². The summed E-state index contributed by atoms with van der Waals surface area (Å²) < 4.78 is 21.4. The molecule has 3 aromatic rings. The Kier molecular flexibility index (Phi) is 7.63. The van der Waals surface area contributed by atoms with Gasteiger partial charge in [0.1, 0.15) is 11.4 Å². The Hall–Kier alpha value is -4.08. The highest BCUT2D eigenvalue weighted by Crippen LogP contribution is 2.32. The molecule has 0 bridgehead atoms. The number of ether oxygens (including phenoxy) is 4. The lowest BCUT2D eigenvalue weighted by Gasteiger charge is -2.12. The zero-order chi connectivity index (χ0) is 22.9. The number of hydrogen-bond donors (Lipinski definition) is 2. The molecule has 0 saturated heterocycles. The van der Waals surface area contributed by atoms with Crippen molar-refractivity contribution in [2.24, 2.45) is 0 Å². The molecule has 168 valence electrons. The maximum absolute atomic E-state index is 12.2. The maximum Gasteiger partial charge on any atom is 0.361 e. The maximum atomic E-state index is 12.2. The van der Waals surface area contributed by atoms with Crippen molar-refractivity contribution < 1.29 is 28.5 Å². The van der Waals surface area contributed by atoms with Crippen LogP contribution in [0.4, 0.5) is 5.69 Å². The summed E-state index contributed by atoms with van der Waals surface area (Å²) in [5.74, 6) is 0.543. The van der Waals surface area contributed by atoms with Crippen LogP contribution in [-0.2, 0) is 9.53 Å². The molecule has 2 N–H and O–H groups in total. The summed E-state index contributed by atoms with van der Waals surface area (Å²) in [6.45, 7) is 4.18. The average molecular weight is 440 g/mol. The number of anilines is 1. The Morgan fingerprint density at radius 3 is 2.44 bits per heavy atom. The predicted molar refractivity (Wildman–Crippen MR) is 116 cm³/mol. The topological polar surface area (TPSA) is 125 Å². The first-order valence-corrected chi connectivity index (χ1v) is 9.97. The van der Waals surface area contributed by atoms with Gasteiger partial charge in [-0.25, -0.2) is 4.79 Å². The van der Waals surface area contributed by atoms with E-state index in [2.05, 4.69) is 20.7 Å². The highest BCUT2D eigenvalue weighted by molar-refractivity contribution is 5.94. The standard InChI is InChI=1S/C22H24N4O6/c1-4-30-16-9-7-15(8-10-16)23-19(27)13-32-17-11-6-14(12-18(17)29-3)20-21(25-26-24-20)22(28)31-5-2/h6-12H,4-5,13H2,1-3H3,(H,23,27)(H,24,25,26). The highest BCUT2D eigenvalue weighted by atomic mass is 16.5. The van der Waals surface area contributed by atoms with Gasteiger partial charge in [-0.2, -0.15) is 10.3 Å². The summed E-state index contributed by atoms with van der Waals surface area (Å²) in [4.78, 5) is 24.3. The van der Waals surface area contributed by atoms with Crippen LogP contribution in [-0.4, -0.2) is 54.2 Å². The monoisotopic (exact) mass is 440 g/mol. The first-order valence-electron chi connectivity index (χ1n) is 9.97. The minimum atomic E-state index is -0.582. The van der Waals surface area contributed by atoms with Gasteiger partial charge in [-0.15, -0.1) is 5.10 Å². The summed E-state index contributed by atoms with van der Waals surface area (Å²) in [6, 6.07) is 12.0. The molecule has 1 aromatic heterocycles. The van der Waals surface area contributed by atoms with Crippen molar-refractivity contribution in [1.82, 2.24) is 15.4 Å². The third-order valence-corrected chi connectivity index (χ3v) is 4.26. The number of amides is 1. The molecule has 3 rings (SSSR count). The fraction of sp³-hybridized carbons (Fsp3) is 0.273. The number of rotatable bonds is 10. The van der Waals surface area contributed by atoms with Gasteiger partial charge < -0.3 is 24.3 Å². The number of aromatic amines is 1. The van der Waals surface area contributed by atoms with Crippen LogP contribution in [0, 0.1) is 0 Å². The Balaban J connectivity index is 1.66. The van der Waals surface area contributed by atoms with Gasteiger partial charge >= 0.3 is 5.97 Å². The number of hydrogen-bond acceptors (Lipinski definition) is 8. The molecule has 10 heteroatoms. The number of nitrogens with zero attached hydrogens (tertiary/aromatic N) is 2. The normalized spacial score (nSPS) is 10.3. The molecular formula is C22H24N4O6. The van der Waals surface area contributed by atoms with Gasteiger partial charge in [0, 0.05) is 11.3 Å². The van der Waals surface area contributed by atoms with Gasteiger partial charge in [0.2, 0.25) is 0 Å². The Morgan fingerprint density at radius 1 is 0.969 bits per heavy atom. The molecular weight excluding hydrogens is 416 g/mol. The molecule has 32 heavy (non-hydrogen) atoms. The van der Waals surface area contributed by atoms with Crippen molar-refractivity contribution in [2.75, 3.05) is 32.2 Å². The molecule has 1 amide bonds. The lowest BCUT2D eigenvalue weighted by atomic mass is 10.1. The molecule has 0 atom stereocenters. The van der Waals surface area contributed by atoms with Gasteiger partial charge in [0.05, 0.1) is 20.3 Å². The van der Waals surface area contributed by atoms with E-state index in [9.17, 15) is 9.59 Å². The van der Waals surface area contributed by atoms with Crippen molar-refractivity contribution in [3.8, 4) is 28.5 Å². The third-order valence-electron chi connectivity index (χ3n) is 4.26. The largest absolute Gasteiger partial charge is 0.494 e. The summed E-state index contributed by atoms with van der Waals surface area (Å²) in [7, 11) is 1.47. The number of methoxy groups -OCH3 is 1. The second-order valence-corrected chi connectivity index (χ2v) is 6.40. The molecule has 0 aliphatic heterocycles. The number of aromatic nitrogens is 3. The third kappa shape index (κ3) is 5.54. The van der Waals surface area contributed by atoms with Crippen LogP contribution in [0.3, 0.4) is 0 Å². The van der Waals surface area contributed by atoms with Crippen LogP contribution in [0.1, 0.15) is 24.3 Å². The highest BCUT2D eigenvalue weighted by Gasteiger charge is 2.20. The summed E-state index contributed by atoms with van der Waals surface area (Å²) >= 11 is 0. The van der Waals surface area contributed by atoms with Gasteiger partial charge in [-0.05, 0) is 56.3 Å². The Morgan fingerprint density at radius 2 is 1.75 bits per heavy atom. The summed E-state index contributed by atoms with van der Waals surface area (Å²) in [5, 5.41) is 13.1. The molecule has 1 heterocycles. The van der Waals surface area contributed by atoms with Crippen LogP contribution in [0.25, 0.3) is 11.3 Å². The molecule has 0 aliphatic rings. The molecule has 0 radical (unpaired) electrons. The molecule has 2 aromatic carbocycles. The number of carbonyl (C=O) groups excluding carboxylic acids is 2. The van der Waals surface area contributed by atoms with Crippen LogP contribution in [0.15, 0.2) is 42.5 Å². The molecule has 0 unspecified atom stereocenters. The van der Waals surface area contributed by atoms with Crippen LogP contribution in [0.5, 0.6) is 17.2 Å². The van der Waals surface area contributed by atoms with E-state index in [0.717, 1.165) is 5.75 Å². The van der Waals surface area contributed by atoms with Crippen LogP contribution < -0.4 is 19.5 Å². The molecule has 0 fully saturated rings. The van der Waals surface area contributed by atoms with Crippen molar-refractivity contribution in [3.63, 3.8) is 0 Å². The van der Waals surface area contributed by atoms with Crippen molar-refractivity contribution in [1.29, 1.82) is 0 Å². The number of H-pyrrole nitrogens is 1. The van der Waals surface area contributed by atoms with E-state index in [-0.39, 0.29) is 24.8 Å². The van der Waals surface area contributed by atoms with E-state index >= 15 is 0 Å². The molecule has 0 spiro atoms. The average Bonchev–Trinajstić information content (AvgIpc) is 3.29. The van der Waals surface area contributed by atoms with Crippen LogP contribution in [0.2, 0.25) is 0 Å². The Bertz CT molecular complexity index is 1060. The second-order valence-electron chi connectivity index (χ2n) is 6.40. The minimum absolute atomic E-state index is 0.0669. The first-order chi connectivity index (χ1) is 15.5. The van der Waals surface area contributed by atoms with E-state index < -0.39 is 5.97 Å². The lowest BCUT2D eigenvalue weighted by molar-refractivity contribution is -0.118. The lowest BCUT2D eigenvalue weighted by Crippen LogP contribution is -2.20. The smallest absolute Gasteiger partial charge is 0.361 e. The van der Waals surface area contributed by atoms with Gasteiger partial charge in [-0.1, -0.05) is 0 Å². The first kappa shape index (κ1) is 22.6. The van der Waals surface area contributed by atoms with E-state index in [1.807, 2.05) is 6.92 Å². The SMILES string of the molecule is CCOC(=O)c1n[nH]nc1-c1ccc(OCC(=O)Nc2ccc(OCC)cc2)c(OC)c1. The van der Waals surface area contributed by atoms with Crippen molar-refractivity contribution >= 4 is 17.6 Å². The molecule has 10 nitrogen and oxygen atoms in total. The van der Waals surface area contributed by atoms with E-state index in [0.29, 0.717) is 35.1 Å². The summed E-state index contributed by atoms with van der Waals surface area (Å²) in [6.07, 6.45) is 0. The summed E-state index contributed by atoms with van der Waals surface area (Å²) in [5.41, 5.74) is 1.59. The zero-order valence-corrected chi connectivity index (χ0v) is 18.0. The van der Waals surface area contributed by atoms with Gasteiger partial charge in [0.25, 0.3) is 5.91 Å². The van der Waals surface area contributed by atoms with Gasteiger partial charge in [-0.3, -0.25) is 4.79 Å². The van der Waals surface area contributed by atoms with E-state index in [1.54, 1.807) is 49.4 Å².